The van der Waals surface area contributed by atoms with E-state index in [-0.39, 0.29) is 7.35 Å². The van der Waals surface area contributed by atoms with E-state index in [9.17, 15) is 0 Å². The molecule has 0 saturated carbocycles. The number of hydrogen-bond donors (Lipinski definition) is 0. The molecular formula is C47H39Cl2HfSi. The molecule has 0 N–H and O–H groups in total. The molecule has 0 nitrogen and oxygen atoms in total. The summed E-state index contributed by atoms with van der Waals surface area (Å²) in [5.41, 5.74) is 12.8. The first-order valence-corrected chi connectivity index (χ1v) is 39.5. The van der Waals surface area contributed by atoms with Crippen molar-refractivity contribution in [3.8, 4) is 22.3 Å². The van der Waals surface area contributed by atoms with E-state index >= 15 is 0 Å². The first-order chi connectivity index (χ1) is 24.7. The average Bonchev–Trinajstić information content (AvgIpc) is 3.71. The van der Waals surface area contributed by atoms with E-state index in [1.807, 2.05) is 0 Å². The molecule has 0 spiro atoms. The number of rotatable bonds is 6. The summed E-state index contributed by atoms with van der Waals surface area (Å²) < 4.78 is -0.00436. The van der Waals surface area contributed by atoms with Crippen LogP contribution in [0.25, 0.3) is 56.0 Å². The van der Waals surface area contributed by atoms with Crippen LogP contribution in [0, 0.1) is 0 Å². The van der Waals surface area contributed by atoms with Gasteiger partial charge in [-0.3, -0.25) is 0 Å². The third kappa shape index (κ3) is 5.01. The Labute approximate surface area is 309 Å². The minimum absolute atomic E-state index is 0.00218. The van der Waals surface area contributed by atoms with Crippen molar-refractivity contribution in [2.24, 2.45) is 0 Å². The van der Waals surface area contributed by atoms with Gasteiger partial charge in [-0.2, -0.15) is 0 Å². The molecule has 0 saturated heterocycles. The Balaban J connectivity index is 1.28. The molecule has 3 unspecified atom stereocenters. The molecule has 7 aromatic carbocycles. The van der Waals surface area contributed by atoms with Gasteiger partial charge < -0.3 is 0 Å². The molecule has 0 amide bonds. The Bertz CT molecular complexity index is 2420. The average molecular weight is 881 g/mol. The Morgan fingerprint density at radius 1 is 0.451 bits per heavy atom. The van der Waals surface area contributed by atoms with Gasteiger partial charge in [0.25, 0.3) is 0 Å². The summed E-state index contributed by atoms with van der Waals surface area (Å²) in [4.78, 5) is 0. The molecule has 0 aliphatic heterocycles. The molecule has 0 aromatic heterocycles. The molecule has 2 aliphatic carbocycles. The van der Waals surface area contributed by atoms with Gasteiger partial charge in [0.1, 0.15) is 0 Å². The van der Waals surface area contributed by atoms with E-state index in [1.165, 1.54) is 82.4 Å². The van der Waals surface area contributed by atoms with Crippen molar-refractivity contribution in [3.05, 3.63) is 185 Å². The Hall–Kier alpha value is -3.79. The van der Waals surface area contributed by atoms with Gasteiger partial charge in [-0.25, -0.2) is 0 Å². The van der Waals surface area contributed by atoms with E-state index in [2.05, 4.69) is 184 Å². The predicted octanol–water partition coefficient (Wildman–Crippen LogP) is 13.2. The van der Waals surface area contributed by atoms with Crippen LogP contribution < -0.4 is 5.19 Å². The van der Waals surface area contributed by atoms with Crippen LogP contribution in [-0.4, -0.2) is 5.98 Å². The van der Waals surface area contributed by atoms with Crippen molar-refractivity contribution >= 4 is 62.0 Å². The van der Waals surface area contributed by atoms with E-state index in [0.29, 0.717) is 0 Å². The van der Waals surface area contributed by atoms with Gasteiger partial charge in [0.15, 0.2) is 0 Å². The fraction of sp³-hybridized carbons (Fsp3) is 0.106. The zero-order valence-electron chi connectivity index (χ0n) is 29.1. The zero-order valence-corrected chi connectivity index (χ0v) is 35.3. The Morgan fingerprint density at radius 3 is 1.33 bits per heavy atom. The fourth-order valence-corrected chi connectivity index (χ4v) is 68.9. The monoisotopic (exact) mass is 881 g/mol. The second-order valence-corrected chi connectivity index (χ2v) is 70.6. The van der Waals surface area contributed by atoms with Crippen molar-refractivity contribution < 1.29 is 15.3 Å². The van der Waals surface area contributed by atoms with Crippen molar-refractivity contribution in [2.45, 2.75) is 27.7 Å². The van der Waals surface area contributed by atoms with Crippen molar-refractivity contribution in [1.82, 2.24) is 0 Å². The van der Waals surface area contributed by atoms with Crippen molar-refractivity contribution in [2.75, 3.05) is 0 Å². The molecule has 4 heteroatoms. The second-order valence-electron chi connectivity index (χ2n) is 14.7. The van der Waals surface area contributed by atoms with Crippen LogP contribution >= 0.6 is 17.2 Å². The molecule has 0 radical (unpaired) electrons. The molecule has 0 heterocycles. The summed E-state index contributed by atoms with van der Waals surface area (Å²) in [7, 11) is 17.8. The fourth-order valence-electron chi connectivity index (χ4n) is 9.69. The van der Waals surface area contributed by atoms with E-state index in [1.54, 1.807) is 0 Å². The van der Waals surface area contributed by atoms with Crippen LogP contribution in [0.5, 0.6) is 0 Å². The number of fused-ring (bicyclic) bond motifs is 4. The molecule has 0 fully saturated rings. The SMILES string of the molecule is CC1=Cc2c(-c3cccc4ccccc34)cccc2[CH]1[Hf]([Cl])([Cl])([CH]1C(C)=Cc2c(-c3cccc4ccccc34)cccc21)[SiH](C)c1ccccc1. The maximum absolute atomic E-state index is 8.89. The number of benzene rings is 7. The molecule has 3 atom stereocenters. The number of hydrogen-bond acceptors (Lipinski definition) is 0. The van der Waals surface area contributed by atoms with Gasteiger partial charge >= 0.3 is 312 Å². The zero-order chi connectivity index (χ0) is 34.9. The van der Waals surface area contributed by atoms with Gasteiger partial charge in [-0.15, -0.1) is 0 Å². The molecular weight excluding hydrogens is 842 g/mol. The van der Waals surface area contributed by atoms with Crippen LogP contribution in [0.2, 0.25) is 6.55 Å². The van der Waals surface area contributed by atoms with E-state index in [0.717, 1.165) is 0 Å². The van der Waals surface area contributed by atoms with E-state index in [4.69, 9.17) is 17.2 Å². The summed E-state index contributed by atoms with van der Waals surface area (Å²) in [6.45, 7) is 7.06. The van der Waals surface area contributed by atoms with Crippen LogP contribution in [0.4, 0.5) is 0 Å². The third-order valence-electron chi connectivity index (χ3n) is 11.9. The standard InChI is InChI=1S/2C20H15.C7H9Si.2ClH.Hf/c2*1-14-12-16-8-5-11-19(20(16)13-14)18-10-4-7-15-6-2-3-9-17(15)18;1-8-7-5-3-2-4-6-7;;;/h2*2-13H,1H3;2-6,8H,1H3;2*1H;/q;;;;;+2/p-2. The third-order valence-corrected chi connectivity index (χ3v) is 78.5. The normalized spacial score (nSPS) is 18.1. The quantitative estimate of drug-likeness (QED) is 0.146. The van der Waals surface area contributed by atoms with Gasteiger partial charge in [-0.1, -0.05) is 0 Å². The first-order valence-electron chi connectivity index (χ1n) is 18.0. The van der Waals surface area contributed by atoms with Crippen LogP contribution in [-0.2, 0) is 15.3 Å². The molecule has 2 aliphatic rings. The van der Waals surface area contributed by atoms with E-state index < -0.39 is 21.3 Å². The summed E-state index contributed by atoms with van der Waals surface area (Å²) in [5.74, 6) is -2.00. The summed E-state index contributed by atoms with van der Waals surface area (Å²) in [5, 5.41) is 6.39. The summed E-state index contributed by atoms with van der Waals surface area (Å²) in [6.07, 6.45) is 4.84. The maximum atomic E-state index is 8.89. The molecule has 249 valence electrons. The van der Waals surface area contributed by atoms with Crippen molar-refractivity contribution in [3.63, 3.8) is 0 Å². The van der Waals surface area contributed by atoms with Crippen LogP contribution in [0.1, 0.15) is 43.5 Å². The number of halogens is 2. The minimum atomic E-state index is -5.29. The Morgan fingerprint density at radius 2 is 0.843 bits per heavy atom. The molecule has 9 rings (SSSR count). The molecule has 0 bridgehead atoms. The van der Waals surface area contributed by atoms with Crippen LogP contribution in [0.3, 0.4) is 0 Å². The molecule has 51 heavy (non-hydrogen) atoms. The second kappa shape index (κ2) is 12.4. The topological polar surface area (TPSA) is 0 Å². The summed E-state index contributed by atoms with van der Waals surface area (Å²) in [6, 6.07) is 55.4. The van der Waals surface area contributed by atoms with Crippen molar-refractivity contribution in [1.29, 1.82) is 0 Å². The number of allylic oxidation sites excluding steroid dienone is 2. The van der Waals surface area contributed by atoms with Gasteiger partial charge in [0.2, 0.25) is 0 Å². The Kier molecular flexibility index (Phi) is 8.05. The summed E-state index contributed by atoms with van der Waals surface area (Å²) >= 11 is -5.29. The molecule has 7 aromatic rings. The van der Waals surface area contributed by atoms with Gasteiger partial charge in [0, 0.05) is 0 Å². The first kappa shape index (κ1) is 33.1. The van der Waals surface area contributed by atoms with Gasteiger partial charge in [0.05, 0.1) is 0 Å². The predicted molar refractivity (Wildman–Crippen MR) is 222 cm³/mol. The van der Waals surface area contributed by atoms with Gasteiger partial charge in [-0.05, 0) is 0 Å². The van der Waals surface area contributed by atoms with Crippen LogP contribution in [0.15, 0.2) is 163 Å².